The number of hydrogen-bond acceptors (Lipinski definition) is 3. The first-order valence-corrected chi connectivity index (χ1v) is 4.51. The van der Waals surface area contributed by atoms with Gasteiger partial charge < -0.3 is 10.4 Å². The predicted molar refractivity (Wildman–Crippen MR) is 53.2 cm³/mol. The molecule has 0 spiro atoms. The van der Waals surface area contributed by atoms with Gasteiger partial charge in [-0.15, -0.1) is 0 Å². The highest BCUT2D eigenvalue weighted by Gasteiger charge is 2.03. The highest BCUT2D eigenvalue weighted by atomic mass is 16.4. The molecule has 4 nitrogen and oxygen atoms in total. The molecular formula is C10H14N2O2. The highest BCUT2D eigenvalue weighted by Crippen LogP contribution is 2.00. The minimum Gasteiger partial charge on any atom is -0.477 e. The molecule has 0 aliphatic heterocycles. The second-order valence-corrected chi connectivity index (χ2v) is 3.39. The molecular weight excluding hydrogens is 180 g/mol. The first-order valence-electron chi connectivity index (χ1n) is 4.51. The van der Waals surface area contributed by atoms with Gasteiger partial charge in [-0.3, -0.25) is 0 Å². The van der Waals surface area contributed by atoms with E-state index in [1.54, 1.807) is 12.3 Å². The Balaban J connectivity index is 2.60. The zero-order valence-corrected chi connectivity index (χ0v) is 8.32. The summed E-state index contributed by atoms with van der Waals surface area (Å²) in [7, 11) is 0. The quantitative estimate of drug-likeness (QED) is 0.757. The second kappa shape index (κ2) is 4.72. The Bertz CT molecular complexity index is 306. The molecule has 76 valence electrons. The highest BCUT2D eigenvalue weighted by molar-refractivity contribution is 5.85. The van der Waals surface area contributed by atoms with E-state index in [2.05, 4.69) is 24.1 Å². The number of aromatic carboxylic acids is 1. The maximum absolute atomic E-state index is 10.5. The van der Waals surface area contributed by atoms with Crippen molar-refractivity contribution in [1.29, 1.82) is 0 Å². The zero-order valence-electron chi connectivity index (χ0n) is 8.32. The van der Waals surface area contributed by atoms with Crippen LogP contribution in [0.15, 0.2) is 18.3 Å². The molecule has 0 aliphatic carbocycles. The third-order valence-corrected chi connectivity index (χ3v) is 1.76. The van der Waals surface area contributed by atoms with Crippen molar-refractivity contribution in [3.8, 4) is 0 Å². The van der Waals surface area contributed by atoms with E-state index in [4.69, 9.17) is 5.11 Å². The minimum absolute atomic E-state index is 0.0818. The van der Waals surface area contributed by atoms with Crippen molar-refractivity contribution < 1.29 is 9.90 Å². The molecule has 0 unspecified atom stereocenters. The summed E-state index contributed by atoms with van der Waals surface area (Å²) in [5, 5.41) is 11.8. The van der Waals surface area contributed by atoms with Crippen LogP contribution in [0.1, 0.15) is 29.9 Å². The van der Waals surface area contributed by atoms with Gasteiger partial charge in [-0.05, 0) is 11.6 Å². The number of rotatable bonds is 4. The summed E-state index contributed by atoms with van der Waals surface area (Å²) in [6.07, 6.45) is 1.58. The average Bonchev–Trinajstić information content (AvgIpc) is 2.15. The van der Waals surface area contributed by atoms with Gasteiger partial charge in [-0.25, -0.2) is 9.78 Å². The number of aromatic nitrogens is 1. The maximum Gasteiger partial charge on any atom is 0.354 e. The van der Waals surface area contributed by atoms with Gasteiger partial charge in [0.25, 0.3) is 0 Å². The van der Waals surface area contributed by atoms with E-state index < -0.39 is 5.97 Å². The number of carbonyl (C=O) groups is 1. The first-order chi connectivity index (χ1) is 6.59. The maximum atomic E-state index is 10.5. The average molecular weight is 194 g/mol. The molecule has 2 N–H and O–H groups in total. The lowest BCUT2D eigenvalue weighted by Crippen LogP contribution is -2.21. The van der Waals surface area contributed by atoms with Crippen molar-refractivity contribution in [2.45, 2.75) is 26.4 Å². The topological polar surface area (TPSA) is 62.2 Å². The predicted octanol–water partition coefficient (Wildman–Crippen LogP) is 1.28. The summed E-state index contributed by atoms with van der Waals surface area (Å²) in [6, 6.07) is 3.69. The van der Waals surface area contributed by atoms with Crippen molar-refractivity contribution >= 4 is 5.97 Å². The third-order valence-electron chi connectivity index (χ3n) is 1.76. The Morgan fingerprint density at radius 2 is 2.29 bits per heavy atom. The molecule has 0 saturated carbocycles. The molecule has 0 fully saturated rings. The summed E-state index contributed by atoms with van der Waals surface area (Å²) in [4.78, 5) is 14.3. The van der Waals surface area contributed by atoms with Crippen LogP contribution in [0.3, 0.4) is 0 Å². The summed E-state index contributed by atoms with van der Waals surface area (Å²) in [5.74, 6) is -0.992. The number of hydrogen-bond donors (Lipinski definition) is 2. The summed E-state index contributed by atoms with van der Waals surface area (Å²) >= 11 is 0. The molecule has 1 aromatic rings. The number of carboxylic acid groups (broad SMARTS) is 1. The monoisotopic (exact) mass is 194 g/mol. The van der Waals surface area contributed by atoms with Crippen LogP contribution in [0.5, 0.6) is 0 Å². The summed E-state index contributed by atoms with van der Waals surface area (Å²) < 4.78 is 0. The van der Waals surface area contributed by atoms with Crippen molar-refractivity contribution in [1.82, 2.24) is 10.3 Å². The molecule has 0 atom stereocenters. The fourth-order valence-corrected chi connectivity index (χ4v) is 0.978. The molecule has 1 aromatic heterocycles. The van der Waals surface area contributed by atoms with E-state index >= 15 is 0 Å². The molecule has 14 heavy (non-hydrogen) atoms. The van der Waals surface area contributed by atoms with Gasteiger partial charge in [0.05, 0.1) is 0 Å². The minimum atomic E-state index is -0.992. The van der Waals surface area contributed by atoms with Crippen LogP contribution in [-0.4, -0.2) is 22.1 Å². The van der Waals surface area contributed by atoms with Crippen LogP contribution in [0.4, 0.5) is 0 Å². The molecule has 0 amide bonds. The van der Waals surface area contributed by atoms with Crippen molar-refractivity contribution in [2.24, 2.45) is 0 Å². The molecule has 0 bridgehead atoms. The van der Waals surface area contributed by atoms with Gasteiger partial charge in [0.1, 0.15) is 5.69 Å². The van der Waals surface area contributed by atoms with E-state index in [0.29, 0.717) is 12.6 Å². The van der Waals surface area contributed by atoms with E-state index in [0.717, 1.165) is 5.56 Å². The summed E-state index contributed by atoms with van der Waals surface area (Å²) in [5.41, 5.74) is 1.07. The molecule has 0 aromatic carbocycles. The molecule has 0 aliphatic rings. The van der Waals surface area contributed by atoms with Crippen LogP contribution < -0.4 is 5.32 Å². The van der Waals surface area contributed by atoms with Gasteiger partial charge in [0.2, 0.25) is 0 Å². The van der Waals surface area contributed by atoms with Gasteiger partial charge >= 0.3 is 5.97 Å². The number of carboxylic acids is 1. The Morgan fingerprint density at radius 1 is 1.57 bits per heavy atom. The van der Waals surface area contributed by atoms with Crippen molar-refractivity contribution in [2.75, 3.05) is 0 Å². The lowest BCUT2D eigenvalue weighted by molar-refractivity contribution is 0.0690. The smallest absolute Gasteiger partial charge is 0.354 e. The standard InChI is InChI=1S/C10H14N2O2/c1-7(2)11-5-8-3-4-9(10(13)14)12-6-8/h3-4,6-7,11H,5H2,1-2H3,(H,13,14). The molecule has 0 radical (unpaired) electrons. The van der Waals surface area contributed by atoms with Crippen LogP contribution in [0, 0.1) is 0 Å². The van der Waals surface area contributed by atoms with Crippen molar-refractivity contribution in [3.63, 3.8) is 0 Å². The van der Waals surface area contributed by atoms with E-state index in [9.17, 15) is 4.79 Å². The van der Waals surface area contributed by atoms with E-state index in [1.807, 2.05) is 0 Å². The fraction of sp³-hybridized carbons (Fsp3) is 0.400. The zero-order chi connectivity index (χ0) is 10.6. The Kier molecular flexibility index (Phi) is 3.59. The van der Waals surface area contributed by atoms with E-state index in [-0.39, 0.29) is 5.69 Å². The molecule has 1 rings (SSSR count). The van der Waals surface area contributed by atoms with Crippen LogP contribution in [0.2, 0.25) is 0 Å². The van der Waals surface area contributed by atoms with Gasteiger partial charge in [-0.2, -0.15) is 0 Å². The largest absolute Gasteiger partial charge is 0.477 e. The molecule has 0 saturated heterocycles. The van der Waals surface area contributed by atoms with Gasteiger partial charge in [0, 0.05) is 18.8 Å². The SMILES string of the molecule is CC(C)NCc1ccc(C(=O)O)nc1. The normalized spacial score (nSPS) is 10.5. The fourth-order valence-electron chi connectivity index (χ4n) is 0.978. The van der Waals surface area contributed by atoms with Crippen LogP contribution >= 0.6 is 0 Å². The van der Waals surface area contributed by atoms with Gasteiger partial charge in [0.15, 0.2) is 0 Å². The van der Waals surface area contributed by atoms with E-state index in [1.165, 1.54) is 6.07 Å². The van der Waals surface area contributed by atoms with Crippen LogP contribution in [0.25, 0.3) is 0 Å². The molecule has 1 heterocycles. The number of nitrogens with zero attached hydrogens (tertiary/aromatic N) is 1. The Morgan fingerprint density at radius 3 is 2.71 bits per heavy atom. The third kappa shape index (κ3) is 3.14. The van der Waals surface area contributed by atoms with Crippen molar-refractivity contribution in [3.05, 3.63) is 29.6 Å². The van der Waals surface area contributed by atoms with Gasteiger partial charge in [-0.1, -0.05) is 19.9 Å². The molecule has 4 heteroatoms. The first kappa shape index (κ1) is 10.7. The lowest BCUT2D eigenvalue weighted by Gasteiger charge is -2.07. The number of nitrogens with one attached hydrogen (secondary N) is 1. The lowest BCUT2D eigenvalue weighted by atomic mass is 10.2. The number of pyridine rings is 1. The summed E-state index contributed by atoms with van der Waals surface area (Å²) in [6.45, 7) is 4.82. The second-order valence-electron chi connectivity index (χ2n) is 3.39. The Labute approximate surface area is 83.0 Å². The van der Waals surface area contributed by atoms with Crippen LogP contribution in [-0.2, 0) is 6.54 Å². The Hall–Kier alpha value is -1.42.